The van der Waals surface area contributed by atoms with Crippen LogP contribution in [0.5, 0.6) is 0 Å². The maximum Gasteiger partial charge on any atom is 0.402 e. The van der Waals surface area contributed by atoms with Crippen LogP contribution in [0.25, 0.3) is 0 Å². The maximum absolute atomic E-state index is 13.0. The van der Waals surface area contributed by atoms with Crippen LogP contribution in [0.3, 0.4) is 0 Å². The topological polar surface area (TPSA) is 63.6 Å². The normalized spacial score (nSPS) is 14.4. The van der Waals surface area contributed by atoms with E-state index in [1.165, 1.54) is 0 Å². The number of alkyl halides is 3. The van der Waals surface area contributed by atoms with Crippen molar-refractivity contribution in [3.05, 3.63) is 35.9 Å². The van der Waals surface area contributed by atoms with E-state index in [-0.39, 0.29) is 6.61 Å². The van der Waals surface area contributed by atoms with E-state index in [1.807, 2.05) is 0 Å². The number of hydrogen-bond acceptors (Lipinski definition) is 3. The number of hydrogen-bond donors (Lipinski definition) is 1. The largest absolute Gasteiger partial charge is 0.402 e. The minimum absolute atomic E-state index is 0.136. The molecule has 0 aliphatic rings. The predicted octanol–water partition coefficient (Wildman–Crippen LogP) is 2.02. The van der Waals surface area contributed by atoms with Crippen LogP contribution in [0.4, 0.5) is 13.2 Å². The molecule has 8 heteroatoms. The van der Waals surface area contributed by atoms with Crippen molar-refractivity contribution in [3.8, 4) is 0 Å². The van der Waals surface area contributed by atoms with Gasteiger partial charge in [-0.2, -0.15) is 17.2 Å². The highest BCUT2D eigenvalue weighted by molar-refractivity contribution is 7.86. The lowest BCUT2D eigenvalue weighted by Crippen LogP contribution is -2.41. The van der Waals surface area contributed by atoms with Crippen molar-refractivity contribution in [2.24, 2.45) is 0 Å². The Balaban J connectivity index is 2.50. The molecule has 0 saturated carbocycles. The molecule has 0 saturated heterocycles. The van der Waals surface area contributed by atoms with Crippen LogP contribution in [0.2, 0.25) is 0 Å². The third-order valence-electron chi connectivity index (χ3n) is 2.08. The fraction of sp³-hybridized carbons (Fsp3) is 0.400. The summed E-state index contributed by atoms with van der Waals surface area (Å²) in [5.74, 6) is 0. The van der Waals surface area contributed by atoms with Crippen LogP contribution in [0, 0.1) is 0 Å². The summed E-state index contributed by atoms with van der Waals surface area (Å²) >= 11 is 0. The number of benzene rings is 1. The predicted molar refractivity (Wildman–Crippen MR) is 57.5 cm³/mol. The second-order valence-corrected chi connectivity index (χ2v) is 5.00. The van der Waals surface area contributed by atoms with Crippen molar-refractivity contribution >= 4 is 10.1 Å². The van der Waals surface area contributed by atoms with E-state index in [2.05, 4.69) is 4.74 Å². The van der Waals surface area contributed by atoms with E-state index in [9.17, 15) is 21.6 Å². The van der Waals surface area contributed by atoms with Crippen molar-refractivity contribution < 1.29 is 30.9 Å². The Kier molecular flexibility index (Phi) is 4.71. The van der Waals surface area contributed by atoms with E-state index in [4.69, 9.17) is 4.55 Å². The smallest absolute Gasteiger partial charge is 0.373 e. The van der Waals surface area contributed by atoms with Crippen LogP contribution in [0.1, 0.15) is 5.56 Å². The molecule has 0 heterocycles. The van der Waals surface area contributed by atoms with E-state index >= 15 is 0 Å². The molecule has 1 unspecified atom stereocenters. The van der Waals surface area contributed by atoms with Gasteiger partial charge in [0.1, 0.15) is 0 Å². The molecule has 102 valence electrons. The molecule has 18 heavy (non-hydrogen) atoms. The molecule has 1 aromatic carbocycles. The molecule has 0 radical (unpaired) electrons. The summed E-state index contributed by atoms with van der Waals surface area (Å²) < 4.78 is 71.7. The third kappa shape index (κ3) is 3.69. The molecule has 1 N–H and O–H groups in total. The second-order valence-electron chi connectivity index (χ2n) is 3.51. The Morgan fingerprint density at radius 1 is 1.28 bits per heavy atom. The molecule has 0 aliphatic heterocycles. The highest BCUT2D eigenvalue weighted by Crippen LogP contribution is 2.27. The fourth-order valence-corrected chi connectivity index (χ4v) is 1.50. The maximum atomic E-state index is 13.0. The van der Waals surface area contributed by atoms with E-state index in [1.54, 1.807) is 30.3 Å². The Hall–Kier alpha value is -1.12. The summed E-state index contributed by atoms with van der Waals surface area (Å²) in [5, 5.41) is -4.87. The van der Waals surface area contributed by atoms with Gasteiger partial charge < -0.3 is 4.74 Å². The van der Waals surface area contributed by atoms with Gasteiger partial charge in [-0.3, -0.25) is 4.55 Å². The first-order valence-corrected chi connectivity index (χ1v) is 6.29. The summed E-state index contributed by atoms with van der Waals surface area (Å²) in [5.41, 5.74) is 0.625. The molecule has 0 aromatic heterocycles. The van der Waals surface area contributed by atoms with Crippen molar-refractivity contribution in [2.75, 3.05) is 6.61 Å². The van der Waals surface area contributed by atoms with Crippen LogP contribution in [0.15, 0.2) is 30.3 Å². The zero-order chi connectivity index (χ0) is 13.8. The third-order valence-corrected chi connectivity index (χ3v) is 3.03. The van der Waals surface area contributed by atoms with Crippen LogP contribution in [-0.2, 0) is 21.5 Å². The van der Waals surface area contributed by atoms with Gasteiger partial charge in [0.2, 0.25) is 6.17 Å². The summed E-state index contributed by atoms with van der Waals surface area (Å²) in [7, 11) is -5.78. The molecule has 0 bridgehead atoms. The van der Waals surface area contributed by atoms with Gasteiger partial charge in [-0.1, -0.05) is 30.3 Å². The molecule has 1 rings (SSSR count). The van der Waals surface area contributed by atoms with Crippen LogP contribution >= 0.6 is 0 Å². The number of halogens is 3. The average molecular weight is 284 g/mol. The molecule has 0 amide bonds. The van der Waals surface area contributed by atoms with Gasteiger partial charge in [0.25, 0.3) is 0 Å². The quantitative estimate of drug-likeness (QED) is 0.812. The zero-order valence-electron chi connectivity index (χ0n) is 9.09. The van der Waals surface area contributed by atoms with Gasteiger partial charge in [0.05, 0.1) is 13.2 Å². The minimum Gasteiger partial charge on any atom is -0.373 e. The fourth-order valence-electron chi connectivity index (χ4n) is 1.11. The minimum atomic E-state index is -5.78. The van der Waals surface area contributed by atoms with Gasteiger partial charge in [0.15, 0.2) is 0 Å². The van der Waals surface area contributed by atoms with E-state index in [0.717, 1.165) is 0 Å². The van der Waals surface area contributed by atoms with Crippen molar-refractivity contribution in [1.29, 1.82) is 0 Å². The molecule has 1 aromatic rings. The highest BCUT2D eigenvalue weighted by atomic mass is 32.2. The highest BCUT2D eigenvalue weighted by Gasteiger charge is 2.52. The molecular formula is C10H11F3O4S. The summed E-state index contributed by atoms with van der Waals surface area (Å²) in [6, 6.07) is 8.35. The van der Waals surface area contributed by atoms with Crippen molar-refractivity contribution in [3.63, 3.8) is 0 Å². The second kappa shape index (κ2) is 5.68. The van der Waals surface area contributed by atoms with E-state index < -0.39 is 28.2 Å². The lowest BCUT2D eigenvalue weighted by Gasteiger charge is -2.17. The Labute approximate surface area is 102 Å². The first kappa shape index (κ1) is 14.9. The molecule has 1 atom stereocenters. The molecule has 0 spiro atoms. The average Bonchev–Trinajstić information content (AvgIpc) is 2.28. The zero-order valence-corrected chi connectivity index (χ0v) is 9.91. The van der Waals surface area contributed by atoms with Crippen molar-refractivity contribution in [1.82, 2.24) is 0 Å². The molecule has 4 nitrogen and oxygen atoms in total. The lowest BCUT2D eigenvalue weighted by atomic mass is 10.2. The Bertz CT molecular complexity index is 475. The Morgan fingerprint density at radius 2 is 1.83 bits per heavy atom. The summed E-state index contributed by atoms with van der Waals surface area (Å²) in [4.78, 5) is 0. The van der Waals surface area contributed by atoms with Gasteiger partial charge in [0, 0.05) is 0 Å². The molecule has 0 fully saturated rings. The number of ether oxygens (including phenoxy) is 1. The van der Waals surface area contributed by atoms with Gasteiger partial charge in [-0.15, -0.1) is 0 Å². The van der Waals surface area contributed by atoms with E-state index in [0.29, 0.717) is 5.56 Å². The Morgan fingerprint density at radius 3 is 2.33 bits per heavy atom. The first-order valence-electron chi connectivity index (χ1n) is 4.85. The van der Waals surface area contributed by atoms with Gasteiger partial charge >= 0.3 is 15.4 Å². The SMILES string of the molecule is O=S(=O)(O)C(F)(F)C(F)COCc1ccccc1. The van der Waals surface area contributed by atoms with Crippen LogP contribution in [-0.4, -0.2) is 31.0 Å². The monoisotopic (exact) mass is 284 g/mol. The molecular weight excluding hydrogens is 273 g/mol. The summed E-state index contributed by atoms with van der Waals surface area (Å²) in [6.07, 6.45) is -3.13. The van der Waals surface area contributed by atoms with Crippen molar-refractivity contribution in [2.45, 2.75) is 18.0 Å². The molecule has 0 aliphatic carbocycles. The standard InChI is InChI=1S/C10H11F3O4S/c11-9(10(12,13)18(14,15)16)7-17-6-8-4-2-1-3-5-8/h1-5,9H,6-7H2,(H,14,15,16). The van der Waals surface area contributed by atoms with Crippen LogP contribution < -0.4 is 0 Å². The summed E-state index contributed by atoms with van der Waals surface area (Å²) in [6.45, 7) is -1.27. The van der Waals surface area contributed by atoms with Gasteiger partial charge in [-0.25, -0.2) is 4.39 Å². The number of rotatable bonds is 6. The lowest BCUT2D eigenvalue weighted by molar-refractivity contribution is -0.0485. The van der Waals surface area contributed by atoms with Gasteiger partial charge in [-0.05, 0) is 5.56 Å². The first-order chi connectivity index (χ1) is 8.25.